The Morgan fingerprint density at radius 3 is 2.47 bits per heavy atom. The van der Waals surface area contributed by atoms with Crippen molar-refractivity contribution in [2.45, 2.75) is 32.1 Å². The lowest BCUT2D eigenvalue weighted by molar-refractivity contribution is -0.137. The highest BCUT2D eigenvalue weighted by Crippen LogP contribution is 2.44. The van der Waals surface area contributed by atoms with Gasteiger partial charge >= 0.3 is 0 Å². The topological polar surface area (TPSA) is 20.3 Å². The normalized spacial score (nSPS) is 38.7. The first-order valence-corrected chi connectivity index (χ1v) is 6.32. The smallest absolute Gasteiger partial charge is 0.226 e. The molecule has 0 N–H and O–H groups in total. The second kappa shape index (κ2) is 3.66. The zero-order chi connectivity index (χ0) is 10.3. The van der Waals surface area contributed by atoms with Crippen LogP contribution >= 0.6 is 0 Å². The van der Waals surface area contributed by atoms with Crippen LogP contribution in [0.2, 0.25) is 0 Å². The molecule has 2 heteroatoms. The van der Waals surface area contributed by atoms with Gasteiger partial charge in [0.2, 0.25) is 5.91 Å². The fourth-order valence-electron chi connectivity index (χ4n) is 3.41. The van der Waals surface area contributed by atoms with Gasteiger partial charge in [0.05, 0.1) is 0 Å². The van der Waals surface area contributed by atoms with Crippen molar-refractivity contribution in [3.63, 3.8) is 0 Å². The van der Waals surface area contributed by atoms with Gasteiger partial charge in [-0.1, -0.05) is 12.2 Å². The maximum Gasteiger partial charge on any atom is 0.226 e. The van der Waals surface area contributed by atoms with E-state index in [1.165, 1.54) is 25.7 Å². The first-order valence-electron chi connectivity index (χ1n) is 6.32. The molecule has 0 aromatic rings. The number of rotatable bonds is 1. The number of amides is 1. The van der Waals surface area contributed by atoms with E-state index < -0.39 is 0 Å². The molecule has 1 saturated carbocycles. The Labute approximate surface area is 91.3 Å². The zero-order valence-corrected chi connectivity index (χ0v) is 9.19. The summed E-state index contributed by atoms with van der Waals surface area (Å²) in [7, 11) is 0. The van der Waals surface area contributed by atoms with Gasteiger partial charge in [-0.05, 0) is 43.9 Å². The summed E-state index contributed by atoms with van der Waals surface area (Å²) in [5.74, 6) is 2.07. The van der Waals surface area contributed by atoms with Crippen molar-refractivity contribution < 1.29 is 4.79 Å². The third-order valence-corrected chi connectivity index (χ3v) is 4.26. The van der Waals surface area contributed by atoms with Crippen LogP contribution in [0, 0.1) is 17.8 Å². The molecule has 2 aliphatic carbocycles. The Morgan fingerprint density at radius 1 is 1.07 bits per heavy atom. The summed E-state index contributed by atoms with van der Waals surface area (Å²) in [6.45, 7) is 2.02. The fourth-order valence-corrected chi connectivity index (χ4v) is 3.41. The summed E-state index contributed by atoms with van der Waals surface area (Å²) in [4.78, 5) is 14.4. The number of allylic oxidation sites excluding steroid dienone is 2. The van der Waals surface area contributed by atoms with Crippen LogP contribution in [0.4, 0.5) is 0 Å². The molecule has 3 aliphatic rings. The van der Waals surface area contributed by atoms with Gasteiger partial charge in [0.15, 0.2) is 0 Å². The maximum atomic E-state index is 12.3. The lowest BCUT2D eigenvalue weighted by Crippen LogP contribution is -2.40. The van der Waals surface area contributed by atoms with E-state index in [-0.39, 0.29) is 0 Å². The van der Waals surface area contributed by atoms with Crippen LogP contribution in [-0.4, -0.2) is 23.9 Å². The summed E-state index contributed by atoms with van der Waals surface area (Å²) in [5, 5.41) is 0. The van der Waals surface area contributed by atoms with Crippen LogP contribution in [-0.2, 0) is 4.79 Å². The number of fused-ring (bicyclic) bond motifs is 2. The van der Waals surface area contributed by atoms with Crippen molar-refractivity contribution in [1.82, 2.24) is 4.90 Å². The highest BCUT2D eigenvalue weighted by Gasteiger charge is 2.41. The Balaban J connectivity index is 1.67. The van der Waals surface area contributed by atoms with E-state index >= 15 is 0 Å². The molecule has 3 rings (SSSR count). The summed E-state index contributed by atoms with van der Waals surface area (Å²) >= 11 is 0. The molecule has 2 fully saturated rings. The first-order chi connectivity index (χ1) is 7.34. The molecule has 2 nitrogen and oxygen atoms in total. The van der Waals surface area contributed by atoms with Crippen molar-refractivity contribution >= 4 is 5.91 Å². The third kappa shape index (κ3) is 1.60. The van der Waals surface area contributed by atoms with E-state index in [2.05, 4.69) is 17.1 Å². The fraction of sp³-hybridized carbons (Fsp3) is 0.769. The number of carbonyl (C=O) groups is 1. The van der Waals surface area contributed by atoms with Gasteiger partial charge in [-0.25, -0.2) is 0 Å². The number of hydrogen-bond donors (Lipinski definition) is 0. The Kier molecular flexibility index (Phi) is 2.30. The molecular weight excluding hydrogens is 186 g/mol. The minimum atomic E-state index is 0.332. The van der Waals surface area contributed by atoms with Crippen LogP contribution in [0.5, 0.6) is 0 Å². The molecule has 1 aliphatic heterocycles. The van der Waals surface area contributed by atoms with Gasteiger partial charge in [-0.2, -0.15) is 0 Å². The van der Waals surface area contributed by atoms with E-state index in [9.17, 15) is 4.79 Å². The Bertz CT molecular complexity index is 291. The van der Waals surface area contributed by atoms with Crippen LogP contribution in [0.1, 0.15) is 32.1 Å². The number of carbonyl (C=O) groups excluding carboxylic acids is 1. The minimum absolute atomic E-state index is 0.332. The van der Waals surface area contributed by atoms with Crippen molar-refractivity contribution in [2.75, 3.05) is 13.1 Å². The van der Waals surface area contributed by atoms with E-state index in [1.54, 1.807) is 0 Å². The van der Waals surface area contributed by atoms with Gasteiger partial charge in [-0.15, -0.1) is 0 Å². The molecule has 1 saturated heterocycles. The monoisotopic (exact) mass is 205 g/mol. The Morgan fingerprint density at radius 2 is 1.87 bits per heavy atom. The summed E-state index contributed by atoms with van der Waals surface area (Å²) in [6.07, 6.45) is 10.7. The molecule has 0 aromatic carbocycles. The molecule has 0 spiro atoms. The van der Waals surface area contributed by atoms with E-state index in [0.717, 1.165) is 19.5 Å². The van der Waals surface area contributed by atoms with Crippen LogP contribution < -0.4 is 0 Å². The molecule has 1 amide bonds. The lowest BCUT2D eigenvalue weighted by atomic mass is 9.91. The number of piperidine rings is 1. The molecule has 15 heavy (non-hydrogen) atoms. The average Bonchev–Trinajstić information content (AvgIpc) is 2.91. The lowest BCUT2D eigenvalue weighted by Gasteiger charge is -2.31. The van der Waals surface area contributed by atoms with E-state index in [1.807, 2.05) is 0 Å². The van der Waals surface area contributed by atoms with Crippen molar-refractivity contribution in [2.24, 2.45) is 17.8 Å². The standard InChI is InChI=1S/C13H19NO/c15-13(14-6-2-1-3-7-14)12-9-10-4-5-11(12)8-10/h4-5,10-12H,1-3,6-9H2/t10-,11-,12+/m0/s1. The molecule has 2 bridgehead atoms. The predicted octanol–water partition coefficient (Wildman–Crippen LogP) is 2.21. The third-order valence-electron chi connectivity index (χ3n) is 4.26. The van der Waals surface area contributed by atoms with Gasteiger partial charge in [0.25, 0.3) is 0 Å². The molecule has 1 heterocycles. The van der Waals surface area contributed by atoms with Crippen molar-refractivity contribution in [3.8, 4) is 0 Å². The summed E-state index contributed by atoms with van der Waals surface area (Å²) in [6, 6.07) is 0. The SMILES string of the molecule is O=C([C@@H]1C[C@H]2C=C[C@H]1C2)N1CCCCC1. The molecule has 0 aromatic heterocycles. The molecule has 82 valence electrons. The number of nitrogens with zero attached hydrogens (tertiary/aromatic N) is 1. The molecule has 3 atom stereocenters. The van der Waals surface area contributed by atoms with Gasteiger partial charge in [-0.3, -0.25) is 4.79 Å². The largest absolute Gasteiger partial charge is 0.342 e. The van der Waals surface area contributed by atoms with Crippen LogP contribution in [0.3, 0.4) is 0 Å². The van der Waals surface area contributed by atoms with Crippen LogP contribution in [0.15, 0.2) is 12.2 Å². The van der Waals surface area contributed by atoms with Gasteiger partial charge in [0.1, 0.15) is 0 Å². The predicted molar refractivity (Wildman–Crippen MR) is 59.3 cm³/mol. The second-order valence-electron chi connectivity index (χ2n) is 5.27. The van der Waals surface area contributed by atoms with Crippen molar-refractivity contribution in [3.05, 3.63) is 12.2 Å². The van der Waals surface area contributed by atoms with Gasteiger partial charge in [0, 0.05) is 19.0 Å². The molecule has 0 radical (unpaired) electrons. The summed E-state index contributed by atoms with van der Waals surface area (Å²) in [5.41, 5.74) is 0. The van der Waals surface area contributed by atoms with E-state index in [4.69, 9.17) is 0 Å². The highest BCUT2D eigenvalue weighted by molar-refractivity contribution is 5.80. The summed E-state index contributed by atoms with van der Waals surface area (Å²) < 4.78 is 0. The number of likely N-dealkylation sites (tertiary alicyclic amines) is 1. The average molecular weight is 205 g/mol. The quantitative estimate of drug-likeness (QED) is 0.601. The Hall–Kier alpha value is -0.790. The molecular formula is C13H19NO. The second-order valence-corrected chi connectivity index (χ2v) is 5.27. The van der Waals surface area contributed by atoms with E-state index in [0.29, 0.717) is 23.7 Å². The van der Waals surface area contributed by atoms with Crippen LogP contribution in [0.25, 0.3) is 0 Å². The van der Waals surface area contributed by atoms with Gasteiger partial charge < -0.3 is 4.90 Å². The van der Waals surface area contributed by atoms with Crippen molar-refractivity contribution in [1.29, 1.82) is 0 Å². The first kappa shape index (κ1) is 9.44. The zero-order valence-electron chi connectivity index (χ0n) is 9.19. The molecule has 0 unspecified atom stereocenters. The number of hydrogen-bond acceptors (Lipinski definition) is 1. The maximum absolute atomic E-state index is 12.3. The minimum Gasteiger partial charge on any atom is -0.342 e. The highest BCUT2D eigenvalue weighted by atomic mass is 16.2.